The summed E-state index contributed by atoms with van der Waals surface area (Å²) in [5.41, 5.74) is 5.66. The van der Waals surface area contributed by atoms with Crippen molar-refractivity contribution < 1.29 is 21.6 Å². The molecular formula is C9H20N4O5S2. The van der Waals surface area contributed by atoms with Gasteiger partial charge in [-0.3, -0.25) is 4.79 Å². The Morgan fingerprint density at radius 1 is 1.15 bits per heavy atom. The molecule has 1 amide bonds. The van der Waals surface area contributed by atoms with Crippen LogP contribution in [-0.2, 0) is 24.8 Å². The Morgan fingerprint density at radius 2 is 1.65 bits per heavy atom. The highest BCUT2D eigenvalue weighted by atomic mass is 32.2. The molecule has 1 fully saturated rings. The summed E-state index contributed by atoms with van der Waals surface area (Å²) in [4.78, 5) is 13.4. The molecule has 20 heavy (non-hydrogen) atoms. The van der Waals surface area contributed by atoms with Crippen LogP contribution in [0.2, 0.25) is 0 Å². The van der Waals surface area contributed by atoms with Crippen molar-refractivity contribution in [2.75, 3.05) is 38.2 Å². The lowest BCUT2D eigenvalue weighted by Gasteiger charge is -2.34. The van der Waals surface area contributed by atoms with Crippen LogP contribution in [0.15, 0.2) is 0 Å². The van der Waals surface area contributed by atoms with Gasteiger partial charge in [0, 0.05) is 32.4 Å². The first-order chi connectivity index (χ1) is 9.00. The summed E-state index contributed by atoms with van der Waals surface area (Å²) < 4.78 is 45.4. The maximum Gasteiger partial charge on any atom is 0.277 e. The third-order valence-electron chi connectivity index (χ3n) is 3.03. The lowest BCUT2D eigenvalue weighted by atomic mass is 10.2. The SMILES string of the molecule is CS(=O)(=O)CCC(N)C(=O)N1CCN(S(N)(=O)=O)CC1. The van der Waals surface area contributed by atoms with Crippen molar-refractivity contribution in [1.29, 1.82) is 0 Å². The summed E-state index contributed by atoms with van der Waals surface area (Å²) in [5.74, 6) is -0.528. The third-order valence-corrected chi connectivity index (χ3v) is 5.09. The Balaban J connectivity index is 2.50. The number of nitrogens with two attached hydrogens (primary N) is 2. The fraction of sp³-hybridized carbons (Fsp3) is 0.889. The molecule has 0 aromatic heterocycles. The highest BCUT2D eigenvalue weighted by Crippen LogP contribution is 2.07. The van der Waals surface area contributed by atoms with E-state index in [0.29, 0.717) is 0 Å². The van der Waals surface area contributed by atoms with Crippen LogP contribution in [0.4, 0.5) is 0 Å². The van der Waals surface area contributed by atoms with Gasteiger partial charge in [0.05, 0.1) is 11.8 Å². The molecule has 0 bridgehead atoms. The first-order valence-electron chi connectivity index (χ1n) is 6.00. The highest BCUT2D eigenvalue weighted by Gasteiger charge is 2.29. The molecule has 0 saturated carbocycles. The van der Waals surface area contributed by atoms with Crippen molar-refractivity contribution in [2.45, 2.75) is 12.5 Å². The monoisotopic (exact) mass is 328 g/mol. The molecule has 0 aromatic rings. The van der Waals surface area contributed by atoms with Gasteiger partial charge in [-0.15, -0.1) is 0 Å². The van der Waals surface area contributed by atoms with Crippen LogP contribution in [-0.4, -0.2) is 76.2 Å². The molecule has 4 N–H and O–H groups in total. The van der Waals surface area contributed by atoms with Gasteiger partial charge in [-0.25, -0.2) is 13.6 Å². The van der Waals surface area contributed by atoms with Crippen molar-refractivity contribution in [3.8, 4) is 0 Å². The minimum absolute atomic E-state index is 0.0487. The van der Waals surface area contributed by atoms with Gasteiger partial charge < -0.3 is 10.6 Å². The van der Waals surface area contributed by atoms with Gasteiger partial charge in [-0.1, -0.05) is 0 Å². The summed E-state index contributed by atoms with van der Waals surface area (Å²) in [6, 6.07) is -0.897. The van der Waals surface area contributed by atoms with Crippen LogP contribution < -0.4 is 10.9 Å². The van der Waals surface area contributed by atoms with Crippen LogP contribution in [0.25, 0.3) is 0 Å². The molecule has 1 rings (SSSR count). The molecule has 0 aliphatic carbocycles. The zero-order valence-electron chi connectivity index (χ0n) is 11.2. The maximum atomic E-state index is 12.0. The van der Waals surface area contributed by atoms with Gasteiger partial charge in [0.25, 0.3) is 10.2 Å². The Bertz CT molecular complexity index is 551. The minimum Gasteiger partial charge on any atom is -0.339 e. The molecular weight excluding hydrogens is 308 g/mol. The van der Waals surface area contributed by atoms with Crippen molar-refractivity contribution in [3.63, 3.8) is 0 Å². The smallest absolute Gasteiger partial charge is 0.277 e. The van der Waals surface area contributed by atoms with Crippen molar-refractivity contribution in [1.82, 2.24) is 9.21 Å². The van der Waals surface area contributed by atoms with Crippen LogP contribution in [0.3, 0.4) is 0 Å². The largest absolute Gasteiger partial charge is 0.339 e. The number of amides is 1. The Morgan fingerprint density at radius 3 is 2.05 bits per heavy atom. The quantitative estimate of drug-likeness (QED) is 0.554. The molecule has 0 aromatic carbocycles. The molecule has 118 valence electrons. The topological polar surface area (TPSA) is 144 Å². The summed E-state index contributed by atoms with van der Waals surface area (Å²) >= 11 is 0. The van der Waals surface area contributed by atoms with E-state index >= 15 is 0 Å². The van der Waals surface area contributed by atoms with Crippen LogP contribution in [0.1, 0.15) is 6.42 Å². The second kappa shape index (κ2) is 6.35. The second-order valence-corrected chi connectivity index (χ2v) is 8.60. The predicted octanol–water partition coefficient (Wildman–Crippen LogP) is -2.90. The Kier molecular flexibility index (Phi) is 5.49. The zero-order valence-corrected chi connectivity index (χ0v) is 12.9. The van der Waals surface area contributed by atoms with Gasteiger partial charge >= 0.3 is 0 Å². The maximum absolute atomic E-state index is 12.0. The highest BCUT2D eigenvalue weighted by molar-refractivity contribution is 7.90. The third kappa shape index (κ3) is 5.32. The van der Waals surface area contributed by atoms with Crippen molar-refractivity contribution in [2.24, 2.45) is 10.9 Å². The molecule has 9 nitrogen and oxygen atoms in total. The zero-order chi connectivity index (χ0) is 15.6. The predicted molar refractivity (Wildman–Crippen MR) is 73.6 cm³/mol. The fourth-order valence-corrected chi connectivity index (χ4v) is 3.22. The van der Waals surface area contributed by atoms with Gasteiger partial charge in [0.2, 0.25) is 5.91 Å². The van der Waals surface area contributed by atoms with E-state index in [1.54, 1.807) is 0 Å². The molecule has 1 saturated heterocycles. The number of piperazine rings is 1. The number of hydrogen-bond donors (Lipinski definition) is 2. The van der Waals surface area contributed by atoms with Crippen molar-refractivity contribution in [3.05, 3.63) is 0 Å². The molecule has 0 radical (unpaired) electrons. The van der Waals surface area contributed by atoms with E-state index in [9.17, 15) is 21.6 Å². The normalized spacial score (nSPS) is 19.9. The van der Waals surface area contributed by atoms with Crippen molar-refractivity contribution >= 4 is 26.0 Å². The number of hydrogen-bond acceptors (Lipinski definition) is 6. The van der Waals surface area contributed by atoms with E-state index in [0.717, 1.165) is 10.6 Å². The summed E-state index contributed by atoms with van der Waals surface area (Å²) in [6.07, 6.45) is 1.13. The van der Waals surface area contributed by atoms with Crippen LogP contribution >= 0.6 is 0 Å². The van der Waals surface area contributed by atoms with E-state index in [1.807, 2.05) is 0 Å². The molecule has 1 aliphatic heterocycles. The van der Waals surface area contributed by atoms with E-state index in [1.165, 1.54) is 4.90 Å². The fourth-order valence-electron chi connectivity index (χ4n) is 1.86. The average molecular weight is 328 g/mol. The average Bonchev–Trinajstić information content (AvgIpc) is 2.33. The standard InChI is InChI=1S/C9H20N4O5S2/c1-19(15,16)7-2-8(10)9(14)12-3-5-13(6-4-12)20(11,17)18/h8H,2-7,10H2,1H3,(H2,11,17,18). The van der Waals surface area contributed by atoms with E-state index in [2.05, 4.69) is 0 Å². The van der Waals surface area contributed by atoms with Gasteiger partial charge in [-0.05, 0) is 6.42 Å². The van der Waals surface area contributed by atoms with E-state index in [4.69, 9.17) is 10.9 Å². The number of carbonyl (C=O) groups excluding carboxylic acids is 1. The first-order valence-corrected chi connectivity index (χ1v) is 9.57. The van der Waals surface area contributed by atoms with Gasteiger partial charge in [-0.2, -0.15) is 12.7 Å². The van der Waals surface area contributed by atoms with E-state index in [-0.39, 0.29) is 44.3 Å². The first kappa shape index (κ1) is 17.3. The molecule has 1 atom stereocenters. The molecule has 1 unspecified atom stereocenters. The second-order valence-electron chi connectivity index (χ2n) is 4.79. The van der Waals surface area contributed by atoms with Crippen LogP contribution in [0, 0.1) is 0 Å². The van der Waals surface area contributed by atoms with E-state index < -0.39 is 26.1 Å². The summed E-state index contributed by atoms with van der Waals surface area (Å²) in [6.45, 7) is 0.621. The van der Waals surface area contributed by atoms with Gasteiger partial charge in [0.15, 0.2) is 0 Å². The minimum atomic E-state index is -3.74. The summed E-state index contributed by atoms with van der Waals surface area (Å²) in [5, 5.41) is 4.99. The molecule has 11 heteroatoms. The number of rotatable bonds is 5. The number of carbonyl (C=O) groups is 1. The van der Waals surface area contributed by atoms with Gasteiger partial charge in [0.1, 0.15) is 9.84 Å². The lowest BCUT2D eigenvalue weighted by molar-refractivity contribution is -0.133. The molecule has 0 spiro atoms. The number of sulfone groups is 1. The lowest BCUT2D eigenvalue weighted by Crippen LogP contribution is -2.55. The Hall–Kier alpha value is -0.750. The van der Waals surface area contributed by atoms with Crippen LogP contribution in [0.5, 0.6) is 0 Å². The Labute approximate surface area is 119 Å². The summed E-state index contributed by atoms with van der Waals surface area (Å²) in [7, 11) is -6.91. The number of nitrogens with zero attached hydrogens (tertiary/aromatic N) is 2. The molecule has 1 aliphatic rings. The molecule has 1 heterocycles.